The molecule has 6 rings (SSSR count). The number of fused-ring (bicyclic) bond motifs is 7. The molecule has 6 heteroatoms. The van der Waals surface area contributed by atoms with Crippen LogP contribution in [0.3, 0.4) is 0 Å². The van der Waals surface area contributed by atoms with E-state index in [1.165, 1.54) is 31.9 Å². The molecule has 5 unspecified atom stereocenters. The van der Waals surface area contributed by atoms with Gasteiger partial charge < -0.3 is 14.6 Å². The minimum absolute atomic E-state index is 0.0128. The third-order valence-electron chi connectivity index (χ3n) is 16.2. The van der Waals surface area contributed by atoms with E-state index in [0.717, 1.165) is 44.9 Å². The van der Waals surface area contributed by atoms with Crippen molar-refractivity contribution < 1.29 is 29.0 Å². The van der Waals surface area contributed by atoms with Crippen LogP contribution in [-0.2, 0) is 19.1 Å². The summed E-state index contributed by atoms with van der Waals surface area (Å²) in [4.78, 5) is 37.6. The largest absolute Gasteiger partial charge is 0.478 e. The van der Waals surface area contributed by atoms with E-state index in [9.17, 15) is 19.5 Å². The smallest absolute Gasteiger partial charge is 0.336 e. The van der Waals surface area contributed by atoms with Crippen molar-refractivity contribution in [3.05, 3.63) is 47.5 Å². The second-order valence-corrected chi connectivity index (χ2v) is 19.3. The molecule has 0 bridgehead atoms. The van der Waals surface area contributed by atoms with Crippen LogP contribution >= 0.6 is 0 Å². The van der Waals surface area contributed by atoms with Gasteiger partial charge in [0.05, 0.1) is 24.5 Å². The number of ether oxygens (including phenoxy) is 2. The normalized spacial score (nSPS) is 39.5. The van der Waals surface area contributed by atoms with Gasteiger partial charge in [0.25, 0.3) is 0 Å². The van der Waals surface area contributed by atoms with Gasteiger partial charge in [0.2, 0.25) is 0 Å². The number of hydrogen-bond acceptors (Lipinski definition) is 5. The van der Waals surface area contributed by atoms with Crippen molar-refractivity contribution in [2.24, 2.45) is 62.1 Å². The summed E-state index contributed by atoms with van der Waals surface area (Å²) in [5, 5.41) is 9.87. The van der Waals surface area contributed by atoms with E-state index in [4.69, 9.17) is 9.47 Å². The summed E-state index contributed by atoms with van der Waals surface area (Å²) in [5.74, 6) is 7.99. The highest BCUT2D eigenvalue weighted by Gasteiger charge is 2.71. The lowest BCUT2D eigenvalue weighted by Gasteiger charge is -2.72. The Morgan fingerprint density at radius 2 is 1.61 bits per heavy atom. The molecular formula is C45H62O6. The Balaban J connectivity index is 1.28. The molecule has 1 aromatic carbocycles. The number of carboxylic acids is 1. The van der Waals surface area contributed by atoms with Crippen LogP contribution in [0.2, 0.25) is 0 Å². The molecule has 1 N–H and O–H groups in total. The number of benzene rings is 1. The summed E-state index contributed by atoms with van der Waals surface area (Å²) in [6.45, 7) is 22.7. The third kappa shape index (κ3) is 5.79. The van der Waals surface area contributed by atoms with E-state index in [1.54, 1.807) is 26.0 Å². The number of carboxylic acid groups (broad SMARTS) is 1. The molecule has 0 radical (unpaired) electrons. The highest BCUT2D eigenvalue weighted by molar-refractivity contribution is 5.90. The van der Waals surface area contributed by atoms with E-state index < -0.39 is 17.4 Å². The van der Waals surface area contributed by atoms with Crippen molar-refractivity contribution in [3.63, 3.8) is 0 Å². The van der Waals surface area contributed by atoms with Gasteiger partial charge in [-0.2, -0.15) is 0 Å². The maximum absolute atomic E-state index is 13.2. The Morgan fingerprint density at radius 3 is 2.27 bits per heavy atom. The van der Waals surface area contributed by atoms with Crippen molar-refractivity contribution in [3.8, 4) is 11.8 Å². The van der Waals surface area contributed by atoms with E-state index in [0.29, 0.717) is 35.2 Å². The Labute approximate surface area is 306 Å². The molecular weight excluding hydrogens is 636 g/mol. The number of aromatic carboxylic acids is 1. The van der Waals surface area contributed by atoms with Gasteiger partial charge in [-0.05, 0) is 143 Å². The van der Waals surface area contributed by atoms with Crippen molar-refractivity contribution in [1.82, 2.24) is 0 Å². The van der Waals surface area contributed by atoms with Crippen LogP contribution in [0.5, 0.6) is 0 Å². The Morgan fingerprint density at radius 1 is 0.902 bits per heavy atom. The fourth-order valence-corrected chi connectivity index (χ4v) is 13.4. The molecule has 5 fully saturated rings. The van der Waals surface area contributed by atoms with E-state index in [-0.39, 0.29) is 51.1 Å². The molecule has 5 saturated carbocycles. The van der Waals surface area contributed by atoms with Gasteiger partial charge in [0.15, 0.2) is 0 Å². The standard InChI is InChI=1S/C45H62O6/c1-28(2)30-18-24-45(23-17-29-13-11-12-14-31(29)38(47)48)26-25-43(8)32(37(30)45)15-16-34-42(7)21-20-35(41(5,6)33(42)19-22-44(34,43)9)51-36(46)27-40(3,4)39(49)50-10/h11-14,30,32-35,37H,1,15-16,18-22,24-27H2,2-10H3,(H,47,48)/t30?,32?,33?,34?,35-,37?,42-,43+,44+,45+/m0/s1. The first-order valence-corrected chi connectivity index (χ1v) is 19.6. The van der Waals surface area contributed by atoms with Gasteiger partial charge in [-0.1, -0.05) is 70.7 Å². The van der Waals surface area contributed by atoms with Crippen LogP contribution < -0.4 is 0 Å². The van der Waals surface area contributed by atoms with E-state index >= 15 is 0 Å². The zero-order valence-electron chi connectivity index (χ0n) is 32.7. The van der Waals surface area contributed by atoms with Crippen LogP contribution in [0.25, 0.3) is 0 Å². The summed E-state index contributed by atoms with van der Waals surface area (Å²) < 4.78 is 11.2. The van der Waals surface area contributed by atoms with Crippen LogP contribution in [0, 0.1) is 73.9 Å². The summed E-state index contributed by atoms with van der Waals surface area (Å²) in [5.41, 5.74) is 1.39. The van der Waals surface area contributed by atoms with Gasteiger partial charge in [-0.25, -0.2) is 4.79 Å². The van der Waals surface area contributed by atoms with Gasteiger partial charge in [-0.3, -0.25) is 9.59 Å². The molecule has 5 aliphatic carbocycles. The summed E-state index contributed by atoms with van der Waals surface area (Å²) in [7, 11) is 1.36. The lowest BCUT2D eigenvalue weighted by atomic mass is 9.32. The van der Waals surface area contributed by atoms with E-state index in [2.05, 4.69) is 60.0 Å². The summed E-state index contributed by atoms with van der Waals surface area (Å²) >= 11 is 0. The summed E-state index contributed by atoms with van der Waals surface area (Å²) in [6.07, 6.45) is 10.7. The van der Waals surface area contributed by atoms with Gasteiger partial charge in [0, 0.05) is 16.4 Å². The first-order valence-electron chi connectivity index (χ1n) is 19.6. The third-order valence-corrected chi connectivity index (χ3v) is 16.2. The highest BCUT2D eigenvalue weighted by atomic mass is 16.5. The van der Waals surface area contributed by atoms with Crippen LogP contribution in [0.1, 0.15) is 142 Å². The minimum Gasteiger partial charge on any atom is -0.478 e. The van der Waals surface area contributed by atoms with Crippen molar-refractivity contribution in [2.45, 2.75) is 132 Å². The fourth-order valence-electron chi connectivity index (χ4n) is 13.4. The lowest BCUT2D eigenvalue weighted by Crippen LogP contribution is -2.66. The van der Waals surface area contributed by atoms with Crippen LogP contribution in [0.4, 0.5) is 0 Å². The predicted molar refractivity (Wildman–Crippen MR) is 200 cm³/mol. The van der Waals surface area contributed by atoms with Gasteiger partial charge in [-0.15, -0.1) is 0 Å². The Bertz CT molecular complexity index is 1660. The number of carbonyl (C=O) groups excluding carboxylic acids is 2. The number of carbonyl (C=O) groups is 3. The average Bonchev–Trinajstić information content (AvgIpc) is 3.45. The van der Waals surface area contributed by atoms with Crippen molar-refractivity contribution in [1.29, 1.82) is 0 Å². The topological polar surface area (TPSA) is 89.9 Å². The molecule has 5 aliphatic rings. The predicted octanol–water partition coefficient (Wildman–Crippen LogP) is 9.89. The zero-order valence-corrected chi connectivity index (χ0v) is 32.7. The number of rotatable bonds is 6. The Kier molecular flexibility index (Phi) is 9.46. The molecule has 0 aliphatic heterocycles. The SMILES string of the molecule is C=C(C)C1CC[C@]2(C#Cc3ccccc3C(=O)O)CC[C@]3(C)C(CCC4[C@@]5(C)CC[C@H](OC(=O)CC(C)(C)C(=O)OC)C(C)(C)C5CC[C@]43C)C12. The first-order chi connectivity index (χ1) is 23.8. The quantitative estimate of drug-likeness (QED) is 0.181. The summed E-state index contributed by atoms with van der Waals surface area (Å²) in [6, 6.07) is 7.18. The molecule has 0 aromatic heterocycles. The molecule has 0 amide bonds. The molecule has 10 atom stereocenters. The first kappa shape index (κ1) is 37.7. The molecule has 278 valence electrons. The van der Waals surface area contributed by atoms with Crippen molar-refractivity contribution >= 4 is 17.9 Å². The number of methoxy groups -OCH3 is 1. The number of hydrogen-bond donors (Lipinski definition) is 1. The molecule has 51 heavy (non-hydrogen) atoms. The van der Waals surface area contributed by atoms with Gasteiger partial charge in [0.1, 0.15) is 6.10 Å². The molecule has 0 spiro atoms. The number of esters is 2. The molecule has 0 heterocycles. The highest BCUT2D eigenvalue weighted by Crippen LogP contribution is 2.77. The van der Waals surface area contributed by atoms with Gasteiger partial charge >= 0.3 is 17.9 Å². The van der Waals surface area contributed by atoms with Crippen molar-refractivity contribution in [2.75, 3.05) is 7.11 Å². The molecule has 6 nitrogen and oxygen atoms in total. The second kappa shape index (κ2) is 12.8. The van der Waals surface area contributed by atoms with Crippen LogP contribution in [0.15, 0.2) is 36.4 Å². The molecule has 1 aromatic rings. The second-order valence-electron chi connectivity index (χ2n) is 19.3. The zero-order chi connectivity index (χ0) is 37.4. The minimum atomic E-state index is -0.926. The maximum atomic E-state index is 13.2. The maximum Gasteiger partial charge on any atom is 0.336 e. The van der Waals surface area contributed by atoms with E-state index in [1.807, 2.05) is 12.1 Å². The Hall–Kier alpha value is -3.07. The molecule has 0 saturated heterocycles. The van der Waals surface area contributed by atoms with Crippen LogP contribution in [-0.4, -0.2) is 36.2 Å². The number of allylic oxidation sites excluding steroid dienone is 1. The fraction of sp³-hybridized carbons (Fsp3) is 0.711. The lowest BCUT2D eigenvalue weighted by molar-refractivity contribution is -0.247. The average molecular weight is 699 g/mol. The monoisotopic (exact) mass is 698 g/mol.